The number of hydrogen-bond acceptors (Lipinski definition) is 2. The minimum Gasteiger partial charge on any atom is -0.435 e. The minimum absolute atomic E-state index is 0.119. The molecular weight excluding hydrogens is 346 g/mol. The molecule has 1 amide bonds. The smallest absolute Gasteiger partial charge is 0.387 e. The molecule has 2 N–H and O–H groups in total. The van der Waals surface area contributed by atoms with Crippen molar-refractivity contribution in [2.75, 3.05) is 6.54 Å². The summed E-state index contributed by atoms with van der Waals surface area (Å²) < 4.78 is 29.1. The number of amides is 1. The second-order valence-electron chi connectivity index (χ2n) is 4.26. The number of aromatic amines is 1. The van der Waals surface area contributed by atoms with Crippen LogP contribution < -0.4 is 10.1 Å². The molecule has 0 saturated carbocycles. The molecule has 2 aromatic rings. The third kappa shape index (κ3) is 4.86. The highest BCUT2D eigenvalue weighted by molar-refractivity contribution is 9.10. The molecule has 7 heteroatoms. The number of aromatic nitrogens is 1. The Hall–Kier alpha value is -1.89. The standard InChI is InChI=1S/C14H13BrF2N2O2/c15-10-7-12(19-8-10)13(20)18-6-5-9-1-3-11(4-2-9)21-14(16)17/h1-4,7-8,14,19H,5-6H2,(H,18,20). The third-order valence-electron chi connectivity index (χ3n) is 2.74. The van der Waals surface area contributed by atoms with Crippen LogP contribution in [-0.4, -0.2) is 24.0 Å². The zero-order valence-corrected chi connectivity index (χ0v) is 12.5. The molecule has 0 aliphatic carbocycles. The van der Waals surface area contributed by atoms with E-state index in [-0.39, 0.29) is 11.7 Å². The maximum absolute atomic E-state index is 12.0. The highest BCUT2D eigenvalue weighted by atomic mass is 79.9. The molecule has 1 aromatic carbocycles. The average molecular weight is 359 g/mol. The largest absolute Gasteiger partial charge is 0.435 e. The van der Waals surface area contributed by atoms with Crippen LogP contribution in [0.15, 0.2) is 41.0 Å². The maximum Gasteiger partial charge on any atom is 0.387 e. The van der Waals surface area contributed by atoms with Crippen molar-refractivity contribution < 1.29 is 18.3 Å². The number of nitrogens with one attached hydrogen (secondary N) is 2. The number of H-pyrrole nitrogens is 1. The lowest BCUT2D eigenvalue weighted by Gasteiger charge is -2.06. The van der Waals surface area contributed by atoms with Crippen LogP contribution in [0.25, 0.3) is 0 Å². The fourth-order valence-electron chi connectivity index (χ4n) is 1.75. The first-order chi connectivity index (χ1) is 10.0. The van der Waals surface area contributed by atoms with Crippen molar-refractivity contribution in [1.29, 1.82) is 0 Å². The van der Waals surface area contributed by atoms with E-state index in [0.29, 0.717) is 18.7 Å². The Labute approximate surface area is 128 Å². The lowest BCUT2D eigenvalue weighted by atomic mass is 10.1. The Kier molecular flexibility index (Phi) is 5.32. The number of carbonyl (C=O) groups excluding carboxylic acids is 1. The molecule has 0 fully saturated rings. The van der Waals surface area contributed by atoms with Gasteiger partial charge >= 0.3 is 6.61 Å². The number of hydrogen-bond donors (Lipinski definition) is 2. The summed E-state index contributed by atoms with van der Waals surface area (Å²) in [6, 6.07) is 8.02. The van der Waals surface area contributed by atoms with Crippen molar-refractivity contribution in [3.63, 3.8) is 0 Å². The van der Waals surface area contributed by atoms with Crippen LogP contribution in [0, 0.1) is 0 Å². The summed E-state index contributed by atoms with van der Waals surface area (Å²) in [6.45, 7) is -2.37. The molecule has 0 unspecified atom stereocenters. The minimum atomic E-state index is -2.82. The maximum atomic E-state index is 12.0. The molecule has 0 radical (unpaired) electrons. The van der Waals surface area contributed by atoms with Gasteiger partial charge in [-0.05, 0) is 46.1 Å². The van der Waals surface area contributed by atoms with Gasteiger partial charge in [0.05, 0.1) is 0 Å². The number of ether oxygens (including phenoxy) is 1. The molecule has 2 rings (SSSR count). The molecule has 1 heterocycles. The topological polar surface area (TPSA) is 54.1 Å². The number of carbonyl (C=O) groups is 1. The average Bonchev–Trinajstić information content (AvgIpc) is 2.87. The Bertz CT molecular complexity index is 599. The lowest BCUT2D eigenvalue weighted by molar-refractivity contribution is -0.0498. The van der Waals surface area contributed by atoms with E-state index in [0.717, 1.165) is 10.0 Å². The highest BCUT2D eigenvalue weighted by Gasteiger charge is 2.07. The summed E-state index contributed by atoms with van der Waals surface area (Å²) >= 11 is 3.25. The van der Waals surface area contributed by atoms with E-state index < -0.39 is 6.61 Å². The molecule has 21 heavy (non-hydrogen) atoms. The van der Waals surface area contributed by atoms with Gasteiger partial charge in [0.2, 0.25) is 0 Å². The number of benzene rings is 1. The first-order valence-corrected chi connectivity index (χ1v) is 7.00. The molecule has 0 atom stereocenters. The Morgan fingerprint density at radius 2 is 2.05 bits per heavy atom. The first-order valence-electron chi connectivity index (χ1n) is 6.20. The van der Waals surface area contributed by atoms with Gasteiger partial charge in [0.25, 0.3) is 5.91 Å². The van der Waals surface area contributed by atoms with Gasteiger partial charge in [-0.2, -0.15) is 8.78 Å². The Morgan fingerprint density at radius 1 is 1.33 bits per heavy atom. The molecule has 112 valence electrons. The van der Waals surface area contributed by atoms with E-state index in [1.807, 2.05) is 0 Å². The summed E-state index contributed by atoms with van der Waals surface area (Å²) in [7, 11) is 0. The molecule has 1 aromatic heterocycles. The second kappa shape index (κ2) is 7.21. The fourth-order valence-corrected chi connectivity index (χ4v) is 2.10. The molecule has 0 aliphatic rings. The third-order valence-corrected chi connectivity index (χ3v) is 3.20. The van der Waals surface area contributed by atoms with Gasteiger partial charge in [-0.15, -0.1) is 0 Å². The van der Waals surface area contributed by atoms with Crippen LogP contribution in [0.3, 0.4) is 0 Å². The molecule has 0 spiro atoms. The van der Waals surface area contributed by atoms with E-state index >= 15 is 0 Å². The monoisotopic (exact) mass is 358 g/mol. The van der Waals surface area contributed by atoms with Crippen molar-refractivity contribution in [3.8, 4) is 5.75 Å². The molecule has 0 saturated heterocycles. The predicted octanol–water partition coefficient (Wildman–Crippen LogP) is 3.35. The lowest BCUT2D eigenvalue weighted by Crippen LogP contribution is -2.25. The van der Waals surface area contributed by atoms with E-state index in [2.05, 4.69) is 31.0 Å². The highest BCUT2D eigenvalue weighted by Crippen LogP contribution is 2.15. The Morgan fingerprint density at radius 3 is 2.62 bits per heavy atom. The molecule has 0 aliphatic heterocycles. The number of halogens is 3. The van der Waals surface area contributed by atoms with Crippen LogP contribution in [0.2, 0.25) is 0 Å². The number of rotatable bonds is 6. The SMILES string of the molecule is O=C(NCCc1ccc(OC(F)F)cc1)c1cc(Br)c[nH]1. The fraction of sp³-hybridized carbons (Fsp3) is 0.214. The van der Waals surface area contributed by atoms with E-state index in [1.54, 1.807) is 24.4 Å². The summed E-state index contributed by atoms with van der Waals surface area (Å²) in [5.41, 5.74) is 1.40. The van der Waals surface area contributed by atoms with Crippen molar-refractivity contribution >= 4 is 21.8 Å². The van der Waals surface area contributed by atoms with Crippen LogP contribution in [0.4, 0.5) is 8.78 Å². The summed E-state index contributed by atoms with van der Waals surface area (Å²) in [5.74, 6) is -0.0765. The molecule has 4 nitrogen and oxygen atoms in total. The number of alkyl halides is 2. The quantitative estimate of drug-likeness (QED) is 0.831. The van der Waals surface area contributed by atoms with Crippen LogP contribution >= 0.6 is 15.9 Å². The van der Waals surface area contributed by atoms with Crippen molar-refractivity contribution in [2.45, 2.75) is 13.0 Å². The predicted molar refractivity (Wildman–Crippen MR) is 77.6 cm³/mol. The van der Waals surface area contributed by atoms with E-state index in [1.165, 1.54) is 12.1 Å². The normalized spacial score (nSPS) is 10.7. The molecular formula is C14H13BrF2N2O2. The van der Waals surface area contributed by atoms with Crippen LogP contribution in [-0.2, 0) is 6.42 Å². The summed E-state index contributed by atoms with van der Waals surface area (Å²) in [4.78, 5) is 14.6. The zero-order valence-electron chi connectivity index (χ0n) is 10.9. The van der Waals surface area contributed by atoms with Gasteiger partial charge < -0.3 is 15.0 Å². The van der Waals surface area contributed by atoms with Gasteiger partial charge in [-0.25, -0.2) is 0 Å². The Balaban J connectivity index is 1.79. The van der Waals surface area contributed by atoms with Gasteiger partial charge in [0.1, 0.15) is 11.4 Å². The van der Waals surface area contributed by atoms with Crippen molar-refractivity contribution in [2.24, 2.45) is 0 Å². The van der Waals surface area contributed by atoms with Crippen LogP contribution in [0.5, 0.6) is 5.75 Å². The van der Waals surface area contributed by atoms with E-state index in [4.69, 9.17) is 0 Å². The van der Waals surface area contributed by atoms with E-state index in [9.17, 15) is 13.6 Å². The van der Waals surface area contributed by atoms with Gasteiger partial charge in [-0.3, -0.25) is 4.79 Å². The first kappa shape index (κ1) is 15.5. The van der Waals surface area contributed by atoms with Gasteiger partial charge in [0, 0.05) is 17.2 Å². The van der Waals surface area contributed by atoms with Crippen molar-refractivity contribution in [1.82, 2.24) is 10.3 Å². The summed E-state index contributed by atoms with van der Waals surface area (Å²) in [5, 5.41) is 2.77. The van der Waals surface area contributed by atoms with Gasteiger partial charge in [0.15, 0.2) is 0 Å². The second-order valence-corrected chi connectivity index (χ2v) is 5.18. The van der Waals surface area contributed by atoms with Gasteiger partial charge in [-0.1, -0.05) is 12.1 Å². The molecule has 0 bridgehead atoms. The van der Waals surface area contributed by atoms with Crippen molar-refractivity contribution in [3.05, 3.63) is 52.3 Å². The zero-order chi connectivity index (χ0) is 15.2. The van der Waals surface area contributed by atoms with Crippen LogP contribution in [0.1, 0.15) is 16.1 Å². The summed E-state index contributed by atoms with van der Waals surface area (Å²) in [6.07, 6.45) is 2.28.